The molecule has 5 nitrogen and oxygen atoms in total. The summed E-state index contributed by atoms with van der Waals surface area (Å²) < 4.78 is 18.0. The van der Waals surface area contributed by atoms with E-state index in [1.165, 1.54) is 7.11 Å². The van der Waals surface area contributed by atoms with E-state index < -0.39 is 0 Å². The van der Waals surface area contributed by atoms with Crippen molar-refractivity contribution in [3.63, 3.8) is 0 Å². The molecule has 3 heterocycles. The van der Waals surface area contributed by atoms with Crippen molar-refractivity contribution in [3.8, 4) is 28.4 Å². The van der Waals surface area contributed by atoms with Crippen molar-refractivity contribution in [2.75, 3.05) is 13.9 Å². The minimum absolute atomic E-state index is 0. The highest BCUT2D eigenvalue weighted by atomic mass is 79.9. The molecule has 1 aromatic carbocycles. The molecule has 1 aromatic heterocycles. The second-order valence-electron chi connectivity index (χ2n) is 5.77. The van der Waals surface area contributed by atoms with Gasteiger partial charge < -0.3 is 18.6 Å². The van der Waals surface area contributed by atoms with Crippen LogP contribution in [0, 0.1) is 0 Å². The fourth-order valence-electron chi connectivity index (χ4n) is 3.26. The molecule has 5 rings (SSSR count). The topological polar surface area (TPSA) is 49.2 Å². The van der Waals surface area contributed by atoms with E-state index in [1.807, 2.05) is 47.1 Å². The molecule has 3 aliphatic rings. The second-order valence-corrected chi connectivity index (χ2v) is 5.77. The molecule has 0 saturated carbocycles. The highest BCUT2D eigenvalue weighted by Gasteiger charge is 2.17. The number of halogens is 1. The lowest BCUT2D eigenvalue weighted by atomic mass is 10.0. The van der Waals surface area contributed by atoms with Crippen LogP contribution in [0.2, 0.25) is 0 Å². The molecular formula is C19H14BrNO4. The molecule has 2 aromatic rings. The maximum Gasteiger partial charge on any atom is 0.231 e. The lowest BCUT2D eigenvalue weighted by Gasteiger charge is -2.12. The fraction of sp³-hybridized carbons (Fsp3) is 0.105. The summed E-state index contributed by atoms with van der Waals surface area (Å²) in [5.41, 5.74) is 2.41. The van der Waals surface area contributed by atoms with Crippen molar-refractivity contribution < 1.29 is 14.2 Å². The molecule has 0 unspecified atom stereocenters. The Morgan fingerprint density at radius 1 is 1.08 bits per heavy atom. The zero-order valence-electron chi connectivity index (χ0n) is 13.3. The molecule has 0 saturated heterocycles. The summed E-state index contributed by atoms with van der Waals surface area (Å²) in [5.74, 6) is 1.86. The first-order valence-electron chi connectivity index (χ1n) is 7.60. The second kappa shape index (κ2) is 5.67. The highest BCUT2D eigenvalue weighted by molar-refractivity contribution is 8.93. The predicted molar refractivity (Wildman–Crippen MR) is 101 cm³/mol. The van der Waals surface area contributed by atoms with E-state index in [1.54, 1.807) is 6.07 Å². The van der Waals surface area contributed by atoms with E-state index in [9.17, 15) is 4.79 Å². The lowest BCUT2D eigenvalue weighted by Crippen LogP contribution is -2.10. The third-order valence-electron chi connectivity index (χ3n) is 4.49. The van der Waals surface area contributed by atoms with Gasteiger partial charge in [-0.25, -0.2) is 0 Å². The number of methoxy groups -OCH3 is 1. The van der Waals surface area contributed by atoms with E-state index in [2.05, 4.69) is 0 Å². The number of ether oxygens (including phenoxy) is 3. The van der Waals surface area contributed by atoms with Crippen molar-refractivity contribution in [1.29, 1.82) is 0 Å². The quantitative estimate of drug-likeness (QED) is 0.360. The Morgan fingerprint density at radius 2 is 1.88 bits per heavy atom. The maximum atomic E-state index is 12.4. The van der Waals surface area contributed by atoms with Gasteiger partial charge in [0.1, 0.15) is 0 Å². The predicted octanol–water partition coefficient (Wildman–Crippen LogP) is 3.87. The van der Waals surface area contributed by atoms with E-state index >= 15 is 0 Å². The van der Waals surface area contributed by atoms with Crippen molar-refractivity contribution in [3.05, 3.63) is 59.0 Å². The minimum atomic E-state index is -0.102. The van der Waals surface area contributed by atoms with Crippen LogP contribution in [0.5, 0.6) is 17.2 Å². The smallest absolute Gasteiger partial charge is 0.231 e. The lowest BCUT2D eigenvalue weighted by molar-refractivity contribution is 0.174. The molecule has 0 amide bonds. The molecule has 6 heteroatoms. The largest absolute Gasteiger partial charge is 0.493 e. The van der Waals surface area contributed by atoms with Gasteiger partial charge in [0.25, 0.3) is 0 Å². The van der Waals surface area contributed by atoms with Gasteiger partial charge in [-0.2, -0.15) is 0 Å². The Balaban J connectivity index is 0.00000157. The van der Waals surface area contributed by atoms with E-state index in [0.29, 0.717) is 11.3 Å². The van der Waals surface area contributed by atoms with Crippen LogP contribution >= 0.6 is 17.0 Å². The molecule has 25 heavy (non-hydrogen) atoms. The third kappa shape index (κ3) is 2.25. The Labute approximate surface area is 153 Å². The van der Waals surface area contributed by atoms with Crippen LogP contribution in [0.15, 0.2) is 53.6 Å². The van der Waals surface area contributed by atoms with Gasteiger partial charge in [-0.15, -0.1) is 17.0 Å². The summed E-state index contributed by atoms with van der Waals surface area (Å²) in [4.78, 5) is 12.4. The first-order chi connectivity index (χ1) is 11.7. The summed E-state index contributed by atoms with van der Waals surface area (Å²) >= 11 is 0. The summed E-state index contributed by atoms with van der Waals surface area (Å²) in [6.07, 6.45) is 3.79. The maximum absolute atomic E-state index is 12.4. The first kappa shape index (κ1) is 15.8. The van der Waals surface area contributed by atoms with Gasteiger partial charge in [0, 0.05) is 23.3 Å². The zero-order chi connectivity index (χ0) is 16.3. The number of nitrogens with zero attached hydrogens (tertiary/aromatic N) is 1. The van der Waals surface area contributed by atoms with Crippen LogP contribution in [0.4, 0.5) is 0 Å². The van der Waals surface area contributed by atoms with Crippen LogP contribution < -0.4 is 19.6 Å². The molecule has 0 bridgehead atoms. The summed E-state index contributed by atoms with van der Waals surface area (Å²) in [6.45, 7) is 0.249. The van der Waals surface area contributed by atoms with Crippen LogP contribution in [0.1, 0.15) is 0 Å². The third-order valence-corrected chi connectivity index (χ3v) is 4.49. The van der Waals surface area contributed by atoms with Crippen LogP contribution in [0.3, 0.4) is 0 Å². The first-order valence-corrected chi connectivity index (χ1v) is 7.60. The van der Waals surface area contributed by atoms with Gasteiger partial charge in [0.2, 0.25) is 12.2 Å². The van der Waals surface area contributed by atoms with E-state index in [-0.39, 0.29) is 29.2 Å². The standard InChI is InChI=1S/C19H13NO4.BrH/c1-22-16-3-2-11-6-15-13-8-18-17(23-10-24-18)7-12(13)4-5-20(15)9-14(11)19(16)21;/h2-9H,10H2,1H3;1H. The van der Waals surface area contributed by atoms with Gasteiger partial charge in [-0.1, -0.05) is 6.07 Å². The molecular weight excluding hydrogens is 386 g/mol. The van der Waals surface area contributed by atoms with Crippen molar-refractivity contribution in [1.82, 2.24) is 4.40 Å². The van der Waals surface area contributed by atoms with Gasteiger partial charge in [-0.05, 0) is 41.3 Å². The molecule has 0 spiro atoms. The molecule has 0 radical (unpaired) electrons. The van der Waals surface area contributed by atoms with E-state index in [4.69, 9.17) is 14.2 Å². The van der Waals surface area contributed by atoms with Crippen LogP contribution in [-0.2, 0) is 0 Å². The Bertz CT molecular complexity index is 1150. The monoisotopic (exact) mass is 399 g/mol. The zero-order valence-corrected chi connectivity index (χ0v) is 15.0. The van der Waals surface area contributed by atoms with E-state index in [0.717, 1.165) is 33.4 Å². The van der Waals surface area contributed by atoms with Crippen molar-refractivity contribution in [2.45, 2.75) is 0 Å². The fourth-order valence-corrected chi connectivity index (χ4v) is 3.26. The molecule has 2 aliphatic heterocycles. The highest BCUT2D eigenvalue weighted by Crippen LogP contribution is 2.38. The SMILES string of the molecule is Br.COc1ccc2cc3c4cc5c(cc4ccn3cc-2c1=O)OCO5. The molecule has 0 fully saturated rings. The number of hydrogen-bond donors (Lipinski definition) is 0. The number of hydrogen-bond acceptors (Lipinski definition) is 4. The minimum Gasteiger partial charge on any atom is -0.493 e. The summed E-state index contributed by atoms with van der Waals surface area (Å²) in [7, 11) is 1.51. The summed E-state index contributed by atoms with van der Waals surface area (Å²) in [6, 6.07) is 11.6. The van der Waals surface area contributed by atoms with Gasteiger partial charge in [0.15, 0.2) is 17.2 Å². The Hall–Kier alpha value is -2.73. The van der Waals surface area contributed by atoms with Gasteiger partial charge in [-0.3, -0.25) is 4.79 Å². The average molecular weight is 400 g/mol. The number of rotatable bonds is 1. The van der Waals surface area contributed by atoms with Crippen LogP contribution in [-0.4, -0.2) is 18.3 Å². The van der Waals surface area contributed by atoms with Crippen molar-refractivity contribution >= 4 is 33.3 Å². The molecule has 1 aliphatic carbocycles. The molecule has 126 valence electrons. The normalized spacial score (nSPS) is 12.5. The van der Waals surface area contributed by atoms with Gasteiger partial charge >= 0.3 is 0 Å². The number of benzene rings is 2. The average Bonchev–Trinajstić information content (AvgIpc) is 3.06. The Morgan fingerprint density at radius 3 is 2.68 bits per heavy atom. The Kier molecular flexibility index (Phi) is 3.58. The number of fused-ring (bicyclic) bond motifs is 5. The van der Waals surface area contributed by atoms with Gasteiger partial charge in [0.05, 0.1) is 12.6 Å². The van der Waals surface area contributed by atoms with Crippen LogP contribution in [0.25, 0.3) is 27.4 Å². The summed E-state index contributed by atoms with van der Waals surface area (Å²) in [5, 5.41) is 2.11. The molecule has 0 N–H and O–H groups in total. The van der Waals surface area contributed by atoms with Crippen molar-refractivity contribution in [2.24, 2.45) is 0 Å². The molecule has 0 atom stereocenters. The number of aromatic nitrogens is 1. The number of pyridine rings is 2.